The van der Waals surface area contributed by atoms with Crippen molar-refractivity contribution >= 4 is 27.7 Å². The Bertz CT molecular complexity index is 644. The van der Waals surface area contributed by atoms with Gasteiger partial charge in [-0.15, -0.1) is 0 Å². The zero-order chi connectivity index (χ0) is 16.3. The van der Waals surface area contributed by atoms with Crippen molar-refractivity contribution in [1.29, 1.82) is 0 Å². The summed E-state index contributed by atoms with van der Waals surface area (Å²) < 4.78 is 11.8. The molecule has 1 heterocycles. The van der Waals surface area contributed by atoms with Gasteiger partial charge in [0.15, 0.2) is 11.9 Å². The van der Waals surface area contributed by atoms with Gasteiger partial charge in [0, 0.05) is 16.0 Å². The third kappa shape index (κ3) is 4.34. The Hall–Kier alpha value is -1.82. The molecular formula is C16H19BrN2O3. The lowest BCUT2D eigenvalue weighted by atomic mass is 9.93. The van der Waals surface area contributed by atoms with E-state index in [1.54, 1.807) is 25.1 Å². The van der Waals surface area contributed by atoms with E-state index in [1.807, 2.05) is 32.9 Å². The minimum absolute atomic E-state index is 0.157. The third-order valence-corrected chi connectivity index (χ3v) is 3.53. The van der Waals surface area contributed by atoms with E-state index in [0.29, 0.717) is 17.3 Å². The number of carbonyl (C=O) groups is 1. The van der Waals surface area contributed by atoms with E-state index in [9.17, 15) is 4.79 Å². The summed E-state index contributed by atoms with van der Waals surface area (Å²) in [5.41, 5.74) is -0.157. The standard InChI is InChI=1S/C16H19BrN2O3/c1-10(21-12-7-5-11(17)6-8-12)15(20)18-14-9-13(22-19-14)16(2,3)4/h5-10H,1-4H3,(H,18,19,20). The minimum atomic E-state index is -0.643. The number of anilines is 1. The quantitative estimate of drug-likeness (QED) is 0.882. The molecule has 2 aromatic rings. The second-order valence-electron chi connectivity index (χ2n) is 6.03. The highest BCUT2D eigenvalue weighted by atomic mass is 79.9. The summed E-state index contributed by atoms with van der Waals surface area (Å²) in [6, 6.07) is 9.02. The number of rotatable bonds is 4. The van der Waals surface area contributed by atoms with E-state index in [1.165, 1.54) is 0 Å². The molecule has 0 aliphatic carbocycles. The lowest BCUT2D eigenvalue weighted by Crippen LogP contribution is -2.30. The predicted molar refractivity (Wildman–Crippen MR) is 88.1 cm³/mol. The van der Waals surface area contributed by atoms with Crippen LogP contribution in [0.1, 0.15) is 33.5 Å². The monoisotopic (exact) mass is 366 g/mol. The maximum absolute atomic E-state index is 12.1. The van der Waals surface area contributed by atoms with Crippen molar-refractivity contribution in [2.75, 3.05) is 5.32 Å². The second-order valence-corrected chi connectivity index (χ2v) is 6.95. The highest BCUT2D eigenvalue weighted by Gasteiger charge is 2.22. The van der Waals surface area contributed by atoms with Gasteiger partial charge in [-0.2, -0.15) is 0 Å². The molecule has 2 rings (SSSR count). The van der Waals surface area contributed by atoms with E-state index >= 15 is 0 Å². The number of hydrogen-bond donors (Lipinski definition) is 1. The fourth-order valence-corrected chi connectivity index (χ4v) is 1.95. The van der Waals surface area contributed by atoms with Gasteiger partial charge in [0.25, 0.3) is 5.91 Å². The number of ether oxygens (including phenoxy) is 1. The number of nitrogens with zero attached hydrogens (tertiary/aromatic N) is 1. The van der Waals surface area contributed by atoms with Gasteiger partial charge in [0.05, 0.1) is 0 Å². The van der Waals surface area contributed by atoms with E-state index in [2.05, 4.69) is 26.4 Å². The first kappa shape index (κ1) is 16.5. The first-order valence-corrected chi connectivity index (χ1v) is 7.75. The van der Waals surface area contributed by atoms with Gasteiger partial charge < -0.3 is 14.6 Å². The fourth-order valence-electron chi connectivity index (χ4n) is 1.69. The molecule has 6 heteroatoms. The molecule has 1 aromatic heterocycles. The van der Waals surface area contributed by atoms with Gasteiger partial charge in [-0.05, 0) is 31.2 Å². The van der Waals surface area contributed by atoms with Crippen molar-refractivity contribution in [1.82, 2.24) is 5.16 Å². The van der Waals surface area contributed by atoms with Crippen LogP contribution in [-0.2, 0) is 10.2 Å². The molecule has 0 aliphatic rings. The summed E-state index contributed by atoms with van der Waals surface area (Å²) in [5.74, 6) is 1.45. The normalized spacial score (nSPS) is 12.8. The van der Waals surface area contributed by atoms with Crippen molar-refractivity contribution in [2.45, 2.75) is 39.2 Å². The molecule has 22 heavy (non-hydrogen) atoms. The van der Waals surface area contributed by atoms with Crippen molar-refractivity contribution in [3.63, 3.8) is 0 Å². The smallest absolute Gasteiger partial charge is 0.266 e. The first-order valence-electron chi connectivity index (χ1n) is 6.96. The van der Waals surface area contributed by atoms with E-state index in [-0.39, 0.29) is 11.3 Å². The molecular weight excluding hydrogens is 348 g/mol. The summed E-state index contributed by atoms with van der Waals surface area (Å²) in [7, 11) is 0. The molecule has 5 nitrogen and oxygen atoms in total. The number of aromatic nitrogens is 1. The Morgan fingerprint density at radius 1 is 1.32 bits per heavy atom. The molecule has 0 spiro atoms. The number of nitrogens with one attached hydrogen (secondary N) is 1. The molecule has 1 unspecified atom stereocenters. The first-order chi connectivity index (χ1) is 10.3. The van der Waals surface area contributed by atoms with Gasteiger partial charge >= 0.3 is 0 Å². The summed E-state index contributed by atoms with van der Waals surface area (Å²) in [5, 5.41) is 6.54. The zero-order valence-electron chi connectivity index (χ0n) is 13.0. The van der Waals surface area contributed by atoms with Crippen LogP contribution in [0.2, 0.25) is 0 Å². The van der Waals surface area contributed by atoms with E-state index in [4.69, 9.17) is 9.26 Å². The number of halogens is 1. The van der Waals surface area contributed by atoms with Crippen LogP contribution in [-0.4, -0.2) is 17.2 Å². The Morgan fingerprint density at radius 2 is 1.95 bits per heavy atom. The number of benzene rings is 1. The topological polar surface area (TPSA) is 64.4 Å². The van der Waals surface area contributed by atoms with Crippen molar-refractivity contribution in [3.05, 3.63) is 40.6 Å². The highest BCUT2D eigenvalue weighted by molar-refractivity contribution is 9.10. The highest BCUT2D eigenvalue weighted by Crippen LogP contribution is 2.24. The summed E-state index contributed by atoms with van der Waals surface area (Å²) in [4.78, 5) is 12.1. The van der Waals surface area contributed by atoms with Gasteiger partial charge in [0.2, 0.25) is 0 Å². The Morgan fingerprint density at radius 3 is 2.50 bits per heavy atom. The molecule has 0 saturated carbocycles. The predicted octanol–water partition coefficient (Wildman–Crippen LogP) is 4.14. The number of amides is 1. The summed E-state index contributed by atoms with van der Waals surface area (Å²) in [6.07, 6.45) is -0.643. The SMILES string of the molecule is CC(Oc1ccc(Br)cc1)C(=O)Nc1cc(C(C)(C)C)on1. The average molecular weight is 367 g/mol. The molecule has 1 atom stereocenters. The van der Waals surface area contributed by atoms with Crippen molar-refractivity contribution in [3.8, 4) is 5.75 Å². The van der Waals surface area contributed by atoms with Crippen LogP contribution in [0.3, 0.4) is 0 Å². The molecule has 0 bridgehead atoms. The third-order valence-electron chi connectivity index (χ3n) is 3.00. The van der Waals surface area contributed by atoms with E-state index < -0.39 is 6.10 Å². The van der Waals surface area contributed by atoms with Crippen LogP contribution in [0.4, 0.5) is 5.82 Å². The molecule has 0 saturated heterocycles. The molecule has 0 aliphatic heterocycles. The van der Waals surface area contributed by atoms with Crippen LogP contribution < -0.4 is 10.1 Å². The van der Waals surface area contributed by atoms with Gasteiger partial charge in [-0.25, -0.2) is 0 Å². The minimum Gasteiger partial charge on any atom is -0.481 e. The van der Waals surface area contributed by atoms with Gasteiger partial charge in [-0.1, -0.05) is 41.9 Å². The fraction of sp³-hybridized carbons (Fsp3) is 0.375. The van der Waals surface area contributed by atoms with Gasteiger partial charge in [-0.3, -0.25) is 4.79 Å². The van der Waals surface area contributed by atoms with Gasteiger partial charge in [0.1, 0.15) is 11.5 Å². The largest absolute Gasteiger partial charge is 0.481 e. The molecule has 118 valence electrons. The van der Waals surface area contributed by atoms with E-state index in [0.717, 1.165) is 4.47 Å². The van der Waals surface area contributed by atoms with Crippen molar-refractivity contribution < 1.29 is 14.1 Å². The average Bonchev–Trinajstić information content (AvgIpc) is 2.90. The maximum Gasteiger partial charge on any atom is 0.266 e. The van der Waals surface area contributed by atoms with Crippen molar-refractivity contribution in [2.24, 2.45) is 0 Å². The lowest BCUT2D eigenvalue weighted by molar-refractivity contribution is -0.122. The Kier molecular flexibility index (Phi) is 4.90. The van der Waals surface area contributed by atoms with Crippen LogP contribution in [0.5, 0.6) is 5.75 Å². The molecule has 0 radical (unpaired) electrons. The number of carbonyl (C=O) groups excluding carboxylic acids is 1. The van der Waals surface area contributed by atoms with Crippen LogP contribution in [0.15, 0.2) is 39.3 Å². The van der Waals surface area contributed by atoms with Crippen LogP contribution in [0, 0.1) is 0 Å². The molecule has 1 aromatic carbocycles. The summed E-state index contributed by atoms with van der Waals surface area (Å²) in [6.45, 7) is 7.72. The molecule has 0 fully saturated rings. The van der Waals surface area contributed by atoms with Crippen LogP contribution >= 0.6 is 15.9 Å². The maximum atomic E-state index is 12.1. The zero-order valence-corrected chi connectivity index (χ0v) is 14.6. The summed E-state index contributed by atoms with van der Waals surface area (Å²) >= 11 is 3.35. The molecule has 1 amide bonds. The lowest BCUT2D eigenvalue weighted by Gasteiger charge is -2.13. The molecule has 1 N–H and O–H groups in total. The second kappa shape index (κ2) is 6.52. The van der Waals surface area contributed by atoms with Crippen LogP contribution in [0.25, 0.3) is 0 Å². The Balaban J connectivity index is 1.96. The Labute approximate surface area is 138 Å². The number of hydrogen-bond acceptors (Lipinski definition) is 4.